The highest BCUT2D eigenvalue weighted by atomic mass is 32.1. The summed E-state index contributed by atoms with van der Waals surface area (Å²) >= 11 is 1.50. The Kier molecular flexibility index (Phi) is 4.33. The lowest BCUT2D eigenvalue weighted by Gasteiger charge is -2.33. The van der Waals surface area contributed by atoms with Crippen molar-refractivity contribution in [1.82, 2.24) is 9.55 Å². The van der Waals surface area contributed by atoms with E-state index >= 15 is 0 Å². The van der Waals surface area contributed by atoms with Gasteiger partial charge in [-0.25, -0.2) is 9.59 Å². The lowest BCUT2D eigenvalue weighted by Crippen LogP contribution is -2.35. The number of carbonyl (C=O) groups is 1. The Morgan fingerprint density at radius 1 is 1.36 bits per heavy atom. The number of carboxylic acid groups (broad SMARTS) is 1. The van der Waals surface area contributed by atoms with Gasteiger partial charge in [-0.3, -0.25) is 14.3 Å². The number of aromatic amines is 1. The van der Waals surface area contributed by atoms with Crippen LogP contribution in [0.25, 0.3) is 10.2 Å². The fourth-order valence-electron chi connectivity index (χ4n) is 3.91. The molecule has 0 bridgehead atoms. The summed E-state index contributed by atoms with van der Waals surface area (Å²) < 4.78 is 6.29. The first kappa shape index (κ1) is 18.7. The second-order valence-electron chi connectivity index (χ2n) is 8.41. The van der Waals surface area contributed by atoms with E-state index in [9.17, 15) is 14.4 Å². The molecule has 0 saturated carbocycles. The standard InChI is InChI=1S/C20H22N2O5S/c1-20(2,3)10-4-6-12-14(8-10)28-16-15(12)17(23)22(19(26)21-16)9-11-5-7-13(27-11)18(24)25/h5,7,10H,4,6,8-9H2,1-3H3,(H,21,26)(H,24,25). The molecule has 0 radical (unpaired) electrons. The number of aromatic carboxylic acids is 1. The maximum Gasteiger partial charge on any atom is 0.371 e. The number of hydrogen-bond acceptors (Lipinski definition) is 5. The van der Waals surface area contributed by atoms with E-state index in [4.69, 9.17) is 9.52 Å². The van der Waals surface area contributed by atoms with Crippen LogP contribution in [0.4, 0.5) is 0 Å². The third-order valence-electron chi connectivity index (χ3n) is 5.60. The van der Waals surface area contributed by atoms with Crippen molar-refractivity contribution in [3.05, 3.63) is 54.9 Å². The minimum atomic E-state index is -1.19. The Labute approximate surface area is 164 Å². The fourth-order valence-corrected chi connectivity index (χ4v) is 5.22. The van der Waals surface area contributed by atoms with Crippen LogP contribution >= 0.6 is 11.3 Å². The molecule has 7 nitrogen and oxygen atoms in total. The number of aryl methyl sites for hydroxylation is 1. The topological polar surface area (TPSA) is 105 Å². The summed E-state index contributed by atoms with van der Waals surface area (Å²) in [5.41, 5.74) is 0.374. The average Bonchev–Trinajstić information content (AvgIpc) is 3.21. The molecule has 8 heteroatoms. The van der Waals surface area contributed by atoms with Crippen LogP contribution in [-0.2, 0) is 19.4 Å². The van der Waals surface area contributed by atoms with E-state index in [1.807, 2.05) is 0 Å². The molecule has 1 aliphatic rings. The maximum absolute atomic E-state index is 13.1. The first-order valence-corrected chi connectivity index (χ1v) is 10.1. The molecule has 3 heterocycles. The molecule has 1 atom stereocenters. The second kappa shape index (κ2) is 6.48. The quantitative estimate of drug-likeness (QED) is 0.700. The number of fused-ring (bicyclic) bond motifs is 3. The average molecular weight is 402 g/mol. The zero-order chi connectivity index (χ0) is 20.2. The van der Waals surface area contributed by atoms with Crippen molar-refractivity contribution >= 4 is 27.5 Å². The summed E-state index contributed by atoms with van der Waals surface area (Å²) in [6.07, 6.45) is 2.75. The molecule has 0 amide bonds. The largest absolute Gasteiger partial charge is 0.475 e. The summed E-state index contributed by atoms with van der Waals surface area (Å²) in [5.74, 6) is -0.620. The lowest BCUT2D eigenvalue weighted by atomic mass is 9.72. The number of thiophene rings is 1. The summed E-state index contributed by atoms with van der Waals surface area (Å²) in [4.78, 5) is 41.2. The van der Waals surface area contributed by atoms with Crippen molar-refractivity contribution in [2.75, 3.05) is 0 Å². The Hall–Kier alpha value is -2.61. The molecule has 28 heavy (non-hydrogen) atoms. The van der Waals surface area contributed by atoms with E-state index in [0.717, 1.165) is 29.4 Å². The van der Waals surface area contributed by atoms with Gasteiger partial charge in [0.05, 0.1) is 11.9 Å². The van der Waals surface area contributed by atoms with E-state index in [1.54, 1.807) is 0 Å². The van der Waals surface area contributed by atoms with Gasteiger partial charge in [-0.1, -0.05) is 20.8 Å². The van der Waals surface area contributed by atoms with Gasteiger partial charge in [0, 0.05) is 4.88 Å². The van der Waals surface area contributed by atoms with Crippen molar-refractivity contribution in [2.24, 2.45) is 11.3 Å². The molecule has 1 aliphatic carbocycles. The van der Waals surface area contributed by atoms with Crippen molar-refractivity contribution in [3.8, 4) is 0 Å². The van der Waals surface area contributed by atoms with Gasteiger partial charge in [0.2, 0.25) is 5.76 Å². The molecule has 0 fully saturated rings. The normalized spacial score (nSPS) is 17.0. The third-order valence-corrected chi connectivity index (χ3v) is 6.77. The number of hydrogen-bond donors (Lipinski definition) is 2. The molecule has 148 valence electrons. The van der Waals surface area contributed by atoms with Crippen LogP contribution in [0.2, 0.25) is 0 Å². The Morgan fingerprint density at radius 2 is 2.11 bits per heavy atom. The van der Waals surface area contributed by atoms with Crippen molar-refractivity contribution < 1.29 is 14.3 Å². The second-order valence-corrected chi connectivity index (χ2v) is 9.51. The predicted octanol–water partition coefficient (Wildman–Crippen LogP) is 3.24. The van der Waals surface area contributed by atoms with E-state index in [0.29, 0.717) is 16.1 Å². The number of H-pyrrole nitrogens is 1. The molecule has 1 unspecified atom stereocenters. The van der Waals surface area contributed by atoms with Crippen LogP contribution in [-0.4, -0.2) is 20.6 Å². The van der Waals surface area contributed by atoms with Crippen LogP contribution in [0.5, 0.6) is 0 Å². The highest BCUT2D eigenvalue weighted by Crippen LogP contribution is 2.41. The van der Waals surface area contributed by atoms with Crippen molar-refractivity contribution in [2.45, 2.75) is 46.6 Å². The molecular formula is C20H22N2O5S. The number of nitrogens with one attached hydrogen (secondary N) is 1. The third kappa shape index (κ3) is 3.11. The van der Waals surface area contributed by atoms with Gasteiger partial charge in [-0.05, 0) is 48.3 Å². The number of carboxylic acids is 1. The molecule has 2 N–H and O–H groups in total. The van der Waals surface area contributed by atoms with Gasteiger partial charge >= 0.3 is 11.7 Å². The molecule has 3 aromatic heterocycles. The number of rotatable bonds is 3. The zero-order valence-electron chi connectivity index (χ0n) is 16.0. The first-order valence-electron chi connectivity index (χ1n) is 9.24. The molecular weight excluding hydrogens is 380 g/mol. The molecule has 0 spiro atoms. The maximum atomic E-state index is 13.1. The number of furan rings is 1. The summed E-state index contributed by atoms with van der Waals surface area (Å²) in [6.45, 7) is 6.60. The van der Waals surface area contributed by atoms with Gasteiger partial charge < -0.3 is 9.52 Å². The summed E-state index contributed by atoms with van der Waals surface area (Å²) in [6, 6.07) is 2.78. The van der Waals surface area contributed by atoms with Gasteiger partial charge in [0.1, 0.15) is 10.6 Å². The zero-order valence-corrected chi connectivity index (χ0v) is 16.8. The van der Waals surface area contributed by atoms with Gasteiger partial charge in [0.15, 0.2) is 0 Å². The van der Waals surface area contributed by atoms with Gasteiger partial charge in [-0.15, -0.1) is 11.3 Å². The SMILES string of the molecule is CC(C)(C)C1CCc2c(sc3[nH]c(=O)n(Cc4ccc(C(=O)O)o4)c(=O)c23)C1. The highest BCUT2D eigenvalue weighted by molar-refractivity contribution is 7.18. The molecule has 0 aliphatic heterocycles. The Bertz CT molecular complexity index is 1190. The smallest absolute Gasteiger partial charge is 0.371 e. The minimum Gasteiger partial charge on any atom is -0.475 e. The predicted molar refractivity (Wildman–Crippen MR) is 106 cm³/mol. The monoisotopic (exact) mass is 402 g/mol. The molecule has 0 saturated heterocycles. The number of aromatic nitrogens is 2. The fraction of sp³-hybridized carbons (Fsp3) is 0.450. The molecule has 0 aromatic carbocycles. The van der Waals surface area contributed by atoms with Crippen molar-refractivity contribution in [3.63, 3.8) is 0 Å². The van der Waals surface area contributed by atoms with Crippen LogP contribution < -0.4 is 11.2 Å². The van der Waals surface area contributed by atoms with Crippen molar-refractivity contribution in [1.29, 1.82) is 0 Å². The Balaban J connectivity index is 1.77. The molecule has 4 rings (SSSR count). The number of nitrogens with zero attached hydrogens (tertiary/aromatic N) is 1. The van der Waals surface area contributed by atoms with Crippen LogP contribution in [0.1, 0.15) is 53.9 Å². The highest BCUT2D eigenvalue weighted by Gasteiger charge is 2.32. The van der Waals surface area contributed by atoms with Crippen LogP contribution in [0.3, 0.4) is 0 Å². The first-order chi connectivity index (χ1) is 13.1. The van der Waals surface area contributed by atoms with E-state index in [2.05, 4.69) is 25.8 Å². The van der Waals surface area contributed by atoms with Crippen LogP contribution in [0, 0.1) is 11.3 Å². The van der Waals surface area contributed by atoms with E-state index in [-0.39, 0.29) is 29.0 Å². The lowest BCUT2D eigenvalue weighted by molar-refractivity contribution is 0.0660. The van der Waals surface area contributed by atoms with E-state index < -0.39 is 11.7 Å². The molecule has 3 aromatic rings. The van der Waals surface area contributed by atoms with Gasteiger partial charge in [-0.2, -0.15) is 0 Å². The summed E-state index contributed by atoms with van der Waals surface area (Å²) in [5, 5.41) is 9.55. The van der Waals surface area contributed by atoms with Gasteiger partial charge in [0.25, 0.3) is 5.56 Å². The minimum absolute atomic E-state index is 0.105. The summed E-state index contributed by atoms with van der Waals surface area (Å²) in [7, 11) is 0. The van der Waals surface area contributed by atoms with E-state index in [1.165, 1.54) is 28.3 Å². The van der Waals surface area contributed by atoms with Crippen LogP contribution in [0.15, 0.2) is 26.1 Å². The Morgan fingerprint density at radius 3 is 2.75 bits per heavy atom.